The number of nitrogens with one attached hydrogen (secondary N) is 2. The van der Waals surface area contributed by atoms with Crippen molar-refractivity contribution in [2.24, 2.45) is 0 Å². The van der Waals surface area contributed by atoms with E-state index in [-0.39, 0.29) is 11.6 Å². The minimum absolute atomic E-state index is 0.00339. The Bertz CT molecular complexity index is 539. The zero-order chi connectivity index (χ0) is 14.5. The molecule has 1 aromatic carbocycles. The van der Waals surface area contributed by atoms with Crippen molar-refractivity contribution in [2.45, 2.75) is 19.9 Å². The predicted octanol–water partition coefficient (Wildman–Crippen LogP) is 2.50. The lowest BCUT2D eigenvalue weighted by Gasteiger charge is -2.28. The van der Waals surface area contributed by atoms with Gasteiger partial charge < -0.3 is 10.2 Å². The summed E-state index contributed by atoms with van der Waals surface area (Å²) in [5.74, 6) is -0.242. The number of hydrogen-bond donors (Lipinski definition) is 2. The highest BCUT2D eigenvalue weighted by molar-refractivity contribution is 6.47. The summed E-state index contributed by atoms with van der Waals surface area (Å²) in [6.45, 7) is 3.75. The summed E-state index contributed by atoms with van der Waals surface area (Å²) >= 11 is 6.22. The quantitative estimate of drug-likeness (QED) is 0.838. The van der Waals surface area contributed by atoms with Gasteiger partial charge in [0.15, 0.2) is 0 Å². The molecule has 20 heavy (non-hydrogen) atoms. The van der Waals surface area contributed by atoms with E-state index in [0.717, 1.165) is 5.56 Å². The zero-order valence-corrected chi connectivity index (χ0v) is 12.2. The third kappa shape index (κ3) is 3.20. The highest BCUT2D eigenvalue weighted by atomic mass is 35.5. The molecule has 2 rings (SSSR count). The average molecular weight is 292 g/mol. The molecule has 1 saturated heterocycles. The Hall–Kier alpha value is -1.81. The maximum Gasteiger partial charge on any atom is 0.272 e. The Morgan fingerprint density at radius 3 is 2.75 bits per heavy atom. The van der Waals surface area contributed by atoms with Crippen molar-refractivity contribution in [3.8, 4) is 0 Å². The van der Waals surface area contributed by atoms with Crippen LogP contribution in [0.15, 0.2) is 41.1 Å². The molecule has 0 saturated carbocycles. The van der Waals surface area contributed by atoms with Crippen molar-refractivity contribution in [1.29, 1.82) is 5.41 Å². The van der Waals surface area contributed by atoms with Crippen LogP contribution in [0, 0.1) is 5.41 Å². The molecule has 1 aliphatic rings. The van der Waals surface area contributed by atoms with Gasteiger partial charge in [-0.05, 0) is 18.9 Å². The van der Waals surface area contributed by atoms with Crippen LogP contribution in [-0.4, -0.2) is 29.6 Å². The second kappa shape index (κ2) is 6.57. The lowest BCUT2D eigenvalue weighted by Crippen LogP contribution is -2.43. The molecule has 1 aliphatic heterocycles. The fraction of sp³-hybridized carbons (Fsp3) is 0.333. The molecule has 4 nitrogen and oxygen atoms in total. The van der Waals surface area contributed by atoms with E-state index in [9.17, 15) is 4.79 Å². The lowest BCUT2D eigenvalue weighted by molar-refractivity contribution is -0.124. The second-order valence-corrected chi connectivity index (χ2v) is 5.02. The highest BCUT2D eigenvalue weighted by Crippen LogP contribution is 2.19. The molecule has 0 bridgehead atoms. The summed E-state index contributed by atoms with van der Waals surface area (Å²) in [4.78, 5) is 13.6. The van der Waals surface area contributed by atoms with Gasteiger partial charge in [0.2, 0.25) is 0 Å². The second-order valence-electron chi connectivity index (χ2n) is 4.64. The molecule has 1 amide bonds. The first-order chi connectivity index (χ1) is 9.63. The van der Waals surface area contributed by atoms with E-state index in [1.165, 1.54) is 0 Å². The summed E-state index contributed by atoms with van der Waals surface area (Å²) in [6.07, 6.45) is 0.624. The van der Waals surface area contributed by atoms with E-state index < -0.39 is 0 Å². The van der Waals surface area contributed by atoms with Crippen LogP contribution in [0.1, 0.15) is 18.9 Å². The summed E-state index contributed by atoms with van der Waals surface area (Å²) in [6, 6.07) is 9.88. The molecule has 0 unspecified atom stereocenters. The van der Waals surface area contributed by atoms with Crippen LogP contribution in [0.2, 0.25) is 0 Å². The third-order valence-electron chi connectivity index (χ3n) is 3.37. The molecule has 106 valence electrons. The van der Waals surface area contributed by atoms with Crippen molar-refractivity contribution < 1.29 is 4.79 Å². The van der Waals surface area contributed by atoms with Gasteiger partial charge in [-0.15, -0.1) is 0 Å². The van der Waals surface area contributed by atoms with Crippen molar-refractivity contribution in [3.05, 3.63) is 46.6 Å². The van der Waals surface area contributed by atoms with Gasteiger partial charge in [0, 0.05) is 25.2 Å². The van der Waals surface area contributed by atoms with E-state index >= 15 is 0 Å². The first-order valence-electron chi connectivity index (χ1n) is 6.68. The number of benzene rings is 1. The van der Waals surface area contributed by atoms with E-state index in [4.69, 9.17) is 17.0 Å². The lowest BCUT2D eigenvalue weighted by atomic mass is 10.0. The number of hydrogen-bond acceptors (Lipinski definition) is 3. The summed E-state index contributed by atoms with van der Waals surface area (Å²) in [5, 5.41) is 11.4. The van der Waals surface area contributed by atoms with Crippen LogP contribution in [0.5, 0.6) is 0 Å². The summed E-state index contributed by atoms with van der Waals surface area (Å²) in [7, 11) is 0. The molecule has 0 atom stereocenters. The van der Waals surface area contributed by atoms with Crippen molar-refractivity contribution in [3.63, 3.8) is 0 Å². The van der Waals surface area contributed by atoms with Gasteiger partial charge in [0.25, 0.3) is 5.91 Å². The first kappa shape index (κ1) is 14.6. The molecule has 2 N–H and O–H groups in total. The average Bonchev–Trinajstić information content (AvgIpc) is 2.48. The molecule has 0 aromatic heterocycles. The molecular formula is C15H18ClN3O. The molecule has 5 heteroatoms. The maximum atomic E-state index is 11.9. The normalized spacial score (nSPS) is 18.2. The fourth-order valence-electron chi connectivity index (χ4n) is 2.16. The number of likely N-dealkylation sites (tertiary alicyclic amines) is 1. The van der Waals surface area contributed by atoms with Crippen LogP contribution in [0.3, 0.4) is 0 Å². The van der Waals surface area contributed by atoms with Gasteiger partial charge in [0.1, 0.15) is 10.9 Å². The van der Waals surface area contributed by atoms with E-state index in [1.807, 2.05) is 37.3 Å². The minimum atomic E-state index is -0.242. The number of nitrogens with zero attached hydrogens (tertiary/aromatic N) is 1. The topological polar surface area (TPSA) is 56.2 Å². The summed E-state index contributed by atoms with van der Waals surface area (Å²) < 4.78 is 0. The van der Waals surface area contributed by atoms with Gasteiger partial charge in [-0.3, -0.25) is 10.2 Å². The number of rotatable bonds is 4. The van der Waals surface area contributed by atoms with Crippen LogP contribution in [0.25, 0.3) is 0 Å². The van der Waals surface area contributed by atoms with Gasteiger partial charge in [-0.25, -0.2) is 0 Å². The smallest absolute Gasteiger partial charge is 0.272 e. The number of carbonyl (C=O) groups is 1. The molecule has 1 fully saturated rings. The van der Waals surface area contributed by atoms with Gasteiger partial charge in [0.05, 0.1) is 0 Å². The molecule has 0 aliphatic carbocycles. The number of amides is 1. The molecule has 0 radical (unpaired) electrons. The molecule has 0 spiro atoms. The Morgan fingerprint density at radius 2 is 2.10 bits per heavy atom. The zero-order valence-electron chi connectivity index (χ0n) is 11.4. The van der Waals surface area contributed by atoms with Gasteiger partial charge >= 0.3 is 0 Å². The number of carbonyl (C=O) groups excluding carboxylic acids is 1. The van der Waals surface area contributed by atoms with Crippen LogP contribution in [-0.2, 0) is 11.3 Å². The standard InChI is InChI=1S/C15H18ClN3O/c1-2-19-9-8-12(13(17)15(19)20)14(16)18-10-11-6-4-3-5-7-11/h3-7,17-18H,2,8-10H2,1H3/b14-12-,17-13?. The van der Waals surface area contributed by atoms with Crippen molar-refractivity contribution >= 4 is 23.2 Å². The Balaban J connectivity index is 2.05. The van der Waals surface area contributed by atoms with E-state index in [0.29, 0.717) is 36.8 Å². The fourth-order valence-corrected chi connectivity index (χ4v) is 2.42. The summed E-state index contributed by atoms with van der Waals surface area (Å²) in [5.41, 5.74) is 1.72. The van der Waals surface area contributed by atoms with E-state index in [1.54, 1.807) is 4.90 Å². The number of piperidine rings is 1. The molecule has 1 aromatic rings. The van der Waals surface area contributed by atoms with Crippen molar-refractivity contribution in [2.75, 3.05) is 13.1 Å². The Labute approximate surface area is 123 Å². The molecular weight excluding hydrogens is 274 g/mol. The monoisotopic (exact) mass is 291 g/mol. The number of halogens is 1. The highest BCUT2D eigenvalue weighted by Gasteiger charge is 2.28. The van der Waals surface area contributed by atoms with Crippen LogP contribution < -0.4 is 5.32 Å². The van der Waals surface area contributed by atoms with Crippen LogP contribution in [0.4, 0.5) is 0 Å². The minimum Gasteiger partial charge on any atom is -0.371 e. The Kier molecular flexibility index (Phi) is 4.79. The predicted molar refractivity (Wildman–Crippen MR) is 80.8 cm³/mol. The first-order valence-corrected chi connectivity index (χ1v) is 7.06. The molecule has 1 heterocycles. The van der Waals surface area contributed by atoms with Gasteiger partial charge in [-0.2, -0.15) is 0 Å². The van der Waals surface area contributed by atoms with Gasteiger partial charge in [-0.1, -0.05) is 41.9 Å². The third-order valence-corrected chi connectivity index (χ3v) is 3.73. The van der Waals surface area contributed by atoms with Crippen LogP contribution >= 0.6 is 11.6 Å². The SMILES string of the molecule is CCN1CC/C(=C(\Cl)NCc2ccccc2)C(=N)C1=O. The largest absolute Gasteiger partial charge is 0.371 e. The van der Waals surface area contributed by atoms with Crippen molar-refractivity contribution in [1.82, 2.24) is 10.2 Å². The Morgan fingerprint density at radius 1 is 1.40 bits per heavy atom. The van der Waals surface area contributed by atoms with E-state index in [2.05, 4.69) is 5.32 Å². The maximum absolute atomic E-state index is 11.9.